The number of benzene rings is 2. The second-order valence-corrected chi connectivity index (χ2v) is 5.77. The maximum Gasteiger partial charge on any atom is 0.412 e. The number of carbonyl (C=O) groups excluding carboxylic acids is 1. The smallest absolute Gasteiger partial charge is 0.412 e. The Balaban J connectivity index is 2.02. The van der Waals surface area contributed by atoms with E-state index in [0.29, 0.717) is 0 Å². The molecule has 0 heterocycles. The van der Waals surface area contributed by atoms with Crippen molar-refractivity contribution in [3.8, 4) is 5.75 Å². The Hall–Kier alpha value is -2.38. The van der Waals surface area contributed by atoms with Crippen molar-refractivity contribution in [2.45, 2.75) is 6.61 Å². The molecule has 0 radical (unpaired) electrons. The van der Waals surface area contributed by atoms with Crippen molar-refractivity contribution in [2.24, 2.45) is 0 Å². The molecule has 2 aromatic rings. The third-order valence-electron chi connectivity index (χ3n) is 3.08. The van der Waals surface area contributed by atoms with E-state index in [1.165, 1.54) is 12.1 Å². The molecule has 25 heavy (non-hydrogen) atoms. The fourth-order valence-electron chi connectivity index (χ4n) is 1.90. The van der Waals surface area contributed by atoms with Crippen LogP contribution in [0.3, 0.4) is 0 Å². The molecule has 2 aromatic carbocycles. The summed E-state index contributed by atoms with van der Waals surface area (Å²) in [6, 6.07) is 11.7. The van der Waals surface area contributed by atoms with Gasteiger partial charge in [0, 0.05) is 6.07 Å². The molecule has 0 saturated carbocycles. The predicted molar refractivity (Wildman–Crippen MR) is 96.1 cm³/mol. The van der Waals surface area contributed by atoms with Crippen LogP contribution >= 0.6 is 15.9 Å². The highest BCUT2D eigenvalue weighted by Gasteiger charge is 2.13. The van der Waals surface area contributed by atoms with Crippen molar-refractivity contribution in [1.29, 1.82) is 0 Å². The Morgan fingerprint density at radius 2 is 2.00 bits per heavy atom. The zero-order valence-corrected chi connectivity index (χ0v) is 14.8. The summed E-state index contributed by atoms with van der Waals surface area (Å²) in [5.41, 5.74) is 0.987. The Labute approximate surface area is 153 Å². The molecule has 0 fully saturated rings. The molecule has 0 spiro atoms. The van der Waals surface area contributed by atoms with E-state index in [0.717, 1.165) is 11.6 Å². The van der Waals surface area contributed by atoms with Crippen LogP contribution in [0.2, 0.25) is 0 Å². The first-order valence-corrected chi connectivity index (χ1v) is 8.25. The molecule has 2 rings (SSSR count). The SMILES string of the molecule is O=C(Nc1cc(F)c(Br)cc1OC/C=C\CO)OCc1ccccc1. The van der Waals surface area contributed by atoms with Crippen LogP contribution in [-0.4, -0.2) is 24.4 Å². The number of hydrogen-bond donors (Lipinski definition) is 2. The van der Waals surface area contributed by atoms with Gasteiger partial charge in [0.25, 0.3) is 0 Å². The van der Waals surface area contributed by atoms with Crippen molar-refractivity contribution in [2.75, 3.05) is 18.5 Å². The molecule has 0 unspecified atom stereocenters. The molecular weight excluding hydrogens is 393 g/mol. The zero-order valence-electron chi connectivity index (χ0n) is 13.2. The number of anilines is 1. The lowest BCUT2D eigenvalue weighted by Gasteiger charge is -2.13. The molecule has 0 saturated heterocycles. The summed E-state index contributed by atoms with van der Waals surface area (Å²) in [7, 11) is 0. The van der Waals surface area contributed by atoms with E-state index < -0.39 is 11.9 Å². The summed E-state index contributed by atoms with van der Waals surface area (Å²) in [4.78, 5) is 11.9. The number of ether oxygens (including phenoxy) is 2. The van der Waals surface area contributed by atoms with E-state index in [1.807, 2.05) is 30.3 Å². The summed E-state index contributed by atoms with van der Waals surface area (Å²) in [5.74, 6) is -0.274. The fourth-order valence-corrected chi connectivity index (χ4v) is 2.22. The van der Waals surface area contributed by atoms with Gasteiger partial charge in [-0.15, -0.1) is 0 Å². The molecular formula is C18H17BrFNO4. The van der Waals surface area contributed by atoms with Gasteiger partial charge < -0.3 is 14.6 Å². The fraction of sp³-hybridized carbons (Fsp3) is 0.167. The average Bonchev–Trinajstić information content (AvgIpc) is 2.61. The van der Waals surface area contributed by atoms with Gasteiger partial charge in [-0.05, 0) is 33.6 Å². The maximum absolute atomic E-state index is 13.8. The van der Waals surface area contributed by atoms with Crippen LogP contribution in [0.15, 0.2) is 59.1 Å². The van der Waals surface area contributed by atoms with Gasteiger partial charge in [0.05, 0.1) is 16.8 Å². The van der Waals surface area contributed by atoms with Crippen LogP contribution in [0, 0.1) is 5.82 Å². The standard InChI is InChI=1S/C18H17BrFNO4/c19-14-10-17(24-9-5-4-8-22)16(11-15(14)20)21-18(23)25-12-13-6-2-1-3-7-13/h1-7,10-11,22H,8-9,12H2,(H,21,23)/b5-4-. The number of aliphatic hydroxyl groups is 1. The van der Waals surface area contributed by atoms with E-state index in [4.69, 9.17) is 14.6 Å². The summed E-state index contributed by atoms with van der Waals surface area (Å²) in [6.45, 7) is 0.154. The molecule has 0 aliphatic heterocycles. The van der Waals surface area contributed by atoms with Crippen LogP contribution in [0.1, 0.15) is 5.56 Å². The first kappa shape index (κ1) is 19.0. The second kappa shape index (κ2) is 9.80. The molecule has 0 aliphatic rings. The largest absolute Gasteiger partial charge is 0.487 e. The monoisotopic (exact) mass is 409 g/mol. The molecule has 0 aliphatic carbocycles. The Morgan fingerprint density at radius 3 is 2.72 bits per heavy atom. The van der Waals surface area contributed by atoms with Gasteiger partial charge in [0.2, 0.25) is 0 Å². The summed E-state index contributed by atoms with van der Waals surface area (Å²) in [6.07, 6.45) is 2.40. The topological polar surface area (TPSA) is 67.8 Å². The van der Waals surface area contributed by atoms with Crippen LogP contribution in [0.5, 0.6) is 5.75 Å². The summed E-state index contributed by atoms with van der Waals surface area (Å²) in [5, 5.41) is 11.2. The van der Waals surface area contributed by atoms with E-state index in [-0.39, 0.29) is 35.7 Å². The van der Waals surface area contributed by atoms with Gasteiger partial charge in [0.15, 0.2) is 0 Å². The number of hydrogen-bond acceptors (Lipinski definition) is 4. The minimum atomic E-state index is -0.721. The third kappa shape index (κ3) is 6.21. The summed E-state index contributed by atoms with van der Waals surface area (Å²) < 4.78 is 24.6. The molecule has 132 valence electrons. The highest BCUT2D eigenvalue weighted by molar-refractivity contribution is 9.10. The van der Waals surface area contributed by atoms with Crippen LogP contribution < -0.4 is 10.1 Å². The van der Waals surface area contributed by atoms with Crippen molar-refractivity contribution in [3.63, 3.8) is 0 Å². The maximum atomic E-state index is 13.8. The van der Waals surface area contributed by atoms with Crippen LogP contribution in [0.4, 0.5) is 14.9 Å². The lowest BCUT2D eigenvalue weighted by Crippen LogP contribution is -2.14. The lowest BCUT2D eigenvalue weighted by molar-refractivity contribution is 0.155. The molecule has 0 aromatic heterocycles. The van der Waals surface area contributed by atoms with Crippen molar-refractivity contribution < 1.29 is 23.8 Å². The molecule has 1 amide bonds. The number of carbonyl (C=O) groups is 1. The van der Waals surface area contributed by atoms with Gasteiger partial charge in [-0.25, -0.2) is 9.18 Å². The van der Waals surface area contributed by atoms with Crippen LogP contribution in [0.25, 0.3) is 0 Å². The lowest BCUT2D eigenvalue weighted by atomic mass is 10.2. The summed E-state index contributed by atoms with van der Waals surface area (Å²) >= 11 is 3.07. The Morgan fingerprint density at radius 1 is 1.24 bits per heavy atom. The minimum Gasteiger partial charge on any atom is -0.487 e. The quantitative estimate of drug-likeness (QED) is 0.670. The predicted octanol–water partition coefficient (Wildman–Crippen LogP) is 4.26. The van der Waals surface area contributed by atoms with E-state index >= 15 is 0 Å². The molecule has 2 N–H and O–H groups in total. The number of rotatable bonds is 7. The van der Waals surface area contributed by atoms with Crippen molar-refractivity contribution in [3.05, 3.63) is 70.5 Å². The number of nitrogens with one attached hydrogen (secondary N) is 1. The number of halogens is 2. The first-order chi connectivity index (χ1) is 12.1. The molecule has 0 bridgehead atoms. The number of aliphatic hydroxyl groups excluding tert-OH is 1. The Kier molecular flexibility index (Phi) is 7.43. The van der Waals surface area contributed by atoms with E-state index in [2.05, 4.69) is 21.2 Å². The van der Waals surface area contributed by atoms with Crippen LogP contribution in [-0.2, 0) is 11.3 Å². The molecule has 7 heteroatoms. The van der Waals surface area contributed by atoms with E-state index in [1.54, 1.807) is 6.08 Å². The molecule has 0 atom stereocenters. The third-order valence-corrected chi connectivity index (χ3v) is 3.69. The van der Waals surface area contributed by atoms with Crippen molar-refractivity contribution in [1.82, 2.24) is 0 Å². The van der Waals surface area contributed by atoms with Gasteiger partial charge >= 0.3 is 6.09 Å². The zero-order chi connectivity index (χ0) is 18.1. The normalized spacial score (nSPS) is 10.7. The van der Waals surface area contributed by atoms with Gasteiger partial charge in [-0.2, -0.15) is 0 Å². The second-order valence-electron chi connectivity index (χ2n) is 4.91. The van der Waals surface area contributed by atoms with Gasteiger partial charge in [-0.3, -0.25) is 5.32 Å². The minimum absolute atomic E-state index is 0.0983. The molecule has 5 nitrogen and oxygen atoms in total. The average molecular weight is 410 g/mol. The van der Waals surface area contributed by atoms with Gasteiger partial charge in [0.1, 0.15) is 24.8 Å². The first-order valence-electron chi connectivity index (χ1n) is 7.45. The Bertz CT molecular complexity index is 737. The number of amides is 1. The highest BCUT2D eigenvalue weighted by atomic mass is 79.9. The van der Waals surface area contributed by atoms with Crippen molar-refractivity contribution >= 4 is 27.7 Å². The van der Waals surface area contributed by atoms with E-state index in [9.17, 15) is 9.18 Å². The van der Waals surface area contributed by atoms with Gasteiger partial charge in [-0.1, -0.05) is 36.4 Å². The highest BCUT2D eigenvalue weighted by Crippen LogP contribution is 2.31.